The van der Waals surface area contributed by atoms with Gasteiger partial charge in [0.15, 0.2) is 0 Å². The maximum atomic E-state index is 12.7. The Morgan fingerprint density at radius 1 is 1.11 bits per heavy atom. The number of rotatable bonds is 9. The number of amides is 1. The van der Waals surface area contributed by atoms with Gasteiger partial charge in [-0.3, -0.25) is 4.79 Å². The summed E-state index contributed by atoms with van der Waals surface area (Å²) < 4.78 is 30.4. The van der Waals surface area contributed by atoms with Gasteiger partial charge in [-0.2, -0.15) is 4.31 Å². The first-order valence-electron chi connectivity index (χ1n) is 8.72. The van der Waals surface area contributed by atoms with E-state index < -0.39 is 16.1 Å². The molecule has 1 atom stereocenters. The molecule has 1 N–H and O–H groups in total. The monoisotopic (exact) mass is 390 g/mol. The number of sulfonamides is 1. The molecule has 0 aliphatic heterocycles. The van der Waals surface area contributed by atoms with Crippen LogP contribution < -0.4 is 10.1 Å². The highest BCUT2D eigenvalue weighted by atomic mass is 32.2. The molecule has 7 heteroatoms. The largest absolute Gasteiger partial charge is 0.496 e. The van der Waals surface area contributed by atoms with E-state index in [9.17, 15) is 13.2 Å². The van der Waals surface area contributed by atoms with Gasteiger partial charge in [-0.25, -0.2) is 8.42 Å². The fourth-order valence-corrected chi connectivity index (χ4v) is 3.45. The van der Waals surface area contributed by atoms with E-state index in [0.29, 0.717) is 12.1 Å². The Labute approximate surface area is 161 Å². The number of ether oxygens (including phenoxy) is 1. The minimum absolute atomic E-state index is 0.339. The van der Waals surface area contributed by atoms with Crippen LogP contribution in [-0.2, 0) is 21.2 Å². The highest BCUT2D eigenvalue weighted by Gasteiger charge is 2.30. The number of hydrogen-bond donors (Lipinski definition) is 1. The smallest absolute Gasteiger partial charge is 0.242 e. The Kier molecular flexibility index (Phi) is 7.38. The summed E-state index contributed by atoms with van der Waals surface area (Å²) in [4.78, 5) is 12.7. The number of nitrogens with zero attached hydrogens (tertiary/aromatic N) is 1. The van der Waals surface area contributed by atoms with E-state index in [-0.39, 0.29) is 5.91 Å². The number of para-hydroxylation sites is 1. The van der Waals surface area contributed by atoms with Crippen molar-refractivity contribution in [2.45, 2.75) is 18.9 Å². The molecule has 0 fully saturated rings. The fraction of sp³-hybridized carbons (Fsp3) is 0.350. The second-order valence-corrected chi connectivity index (χ2v) is 8.34. The predicted molar refractivity (Wildman–Crippen MR) is 106 cm³/mol. The van der Waals surface area contributed by atoms with Crippen LogP contribution in [0.15, 0.2) is 54.6 Å². The van der Waals surface area contributed by atoms with E-state index in [1.807, 2.05) is 30.3 Å². The lowest BCUT2D eigenvalue weighted by atomic mass is 10.1. The highest BCUT2D eigenvalue weighted by Crippen LogP contribution is 2.22. The van der Waals surface area contributed by atoms with Crippen molar-refractivity contribution >= 4 is 15.9 Å². The fourth-order valence-electron chi connectivity index (χ4n) is 2.85. The van der Waals surface area contributed by atoms with Crippen LogP contribution in [0.1, 0.15) is 23.6 Å². The van der Waals surface area contributed by atoms with Crippen LogP contribution in [0.2, 0.25) is 0 Å². The number of hydrogen-bond acceptors (Lipinski definition) is 4. The quantitative estimate of drug-likeness (QED) is 0.667. The predicted octanol–water partition coefficient (Wildman–Crippen LogP) is 2.38. The van der Waals surface area contributed by atoms with E-state index in [0.717, 1.165) is 34.7 Å². The van der Waals surface area contributed by atoms with E-state index in [1.54, 1.807) is 31.4 Å². The number of carbonyl (C=O) groups is 1. The van der Waals surface area contributed by atoms with Crippen molar-refractivity contribution in [2.75, 3.05) is 27.0 Å². The number of methoxy groups -OCH3 is 1. The van der Waals surface area contributed by atoms with Gasteiger partial charge in [0.25, 0.3) is 0 Å². The van der Waals surface area contributed by atoms with Crippen LogP contribution in [0.4, 0.5) is 0 Å². The van der Waals surface area contributed by atoms with Crippen LogP contribution >= 0.6 is 0 Å². The SMILES string of the molecule is COc1ccccc1CCCNC(=O)C(c1ccccc1)N(C)S(C)(=O)=O. The Hall–Kier alpha value is -2.38. The standard InChI is InChI=1S/C20H26N2O4S/c1-22(27(3,24)25)19(17-11-5-4-6-12-17)20(23)21-15-9-13-16-10-7-8-14-18(16)26-2/h4-8,10-12,14,19H,9,13,15H2,1-3H3,(H,21,23). The van der Waals surface area contributed by atoms with E-state index in [1.165, 1.54) is 7.05 Å². The normalized spacial score (nSPS) is 12.6. The molecular weight excluding hydrogens is 364 g/mol. The van der Waals surface area contributed by atoms with E-state index in [2.05, 4.69) is 5.32 Å². The van der Waals surface area contributed by atoms with E-state index >= 15 is 0 Å². The van der Waals surface area contributed by atoms with Gasteiger partial charge in [-0.15, -0.1) is 0 Å². The van der Waals surface area contributed by atoms with Crippen molar-refractivity contribution in [3.05, 3.63) is 65.7 Å². The molecule has 2 rings (SSSR count). The lowest BCUT2D eigenvalue weighted by Gasteiger charge is -2.25. The van der Waals surface area contributed by atoms with Crippen LogP contribution in [-0.4, -0.2) is 45.6 Å². The second kappa shape index (κ2) is 9.53. The van der Waals surface area contributed by atoms with Crippen molar-refractivity contribution in [3.8, 4) is 5.75 Å². The van der Waals surface area contributed by atoms with Crippen molar-refractivity contribution < 1.29 is 17.9 Å². The average Bonchev–Trinajstić information content (AvgIpc) is 2.66. The molecule has 0 saturated carbocycles. The lowest BCUT2D eigenvalue weighted by Crippen LogP contribution is -2.41. The number of aryl methyl sites for hydroxylation is 1. The summed E-state index contributed by atoms with van der Waals surface area (Å²) in [5.41, 5.74) is 1.70. The molecule has 0 saturated heterocycles. The van der Waals surface area contributed by atoms with Gasteiger partial charge in [0.1, 0.15) is 11.8 Å². The zero-order chi connectivity index (χ0) is 19.9. The van der Waals surface area contributed by atoms with Gasteiger partial charge in [0.2, 0.25) is 15.9 Å². The summed E-state index contributed by atoms with van der Waals surface area (Å²) in [6.07, 6.45) is 2.57. The number of benzene rings is 2. The van der Waals surface area contributed by atoms with Gasteiger partial charge < -0.3 is 10.1 Å². The minimum Gasteiger partial charge on any atom is -0.496 e. The Morgan fingerprint density at radius 2 is 1.74 bits per heavy atom. The minimum atomic E-state index is -3.52. The molecule has 2 aromatic rings. The summed E-state index contributed by atoms with van der Waals surface area (Å²) in [7, 11) is -0.473. The molecule has 0 aliphatic carbocycles. The molecule has 0 radical (unpaired) electrons. The van der Waals surface area contributed by atoms with Crippen LogP contribution in [0.5, 0.6) is 5.75 Å². The topological polar surface area (TPSA) is 75.7 Å². The maximum absolute atomic E-state index is 12.7. The van der Waals surface area contributed by atoms with Gasteiger partial charge in [-0.05, 0) is 30.0 Å². The molecule has 0 aliphatic rings. The highest BCUT2D eigenvalue weighted by molar-refractivity contribution is 7.88. The Bertz CT molecular complexity index is 853. The first-order chi connectivity index (χ1) is 12.8. The van der Waals surface area contributed by atoms with Gasteiger partial charge in [0.05, 0.1) is 13.4 Å². The average molecular weight is 391 g/mol. The maximum Gasteiger partial charge on any atom is 0.242 e. The summed E-state index contributed by atoms with van der Waals surface area (Å²) in [6, 6.07) is 15.8. The summed E-state index contributed by atoms with van der Waals surface area (Å²) >= 11 is 0. The van der Waals surface area contributed by atoms with Gasteiger partial charge in [-0.1, -0.05) is 48.5 Å². The number of carbonyl (C=O) groups excluding carboxylic acids is 1. The van der Waals surface area contributed by atoms with Crippen LogP contribution in [0.25, 0.3) is 0 Å². The van der Waals surface area contributed by atoms with Crippen LogP contribution in [0, 0.1) is 0 Å². The lowest BCUT2D eigenvalue weighted by molar-refractivity contribution is -0.124. The third-order valence-corrected chi connectivity index (χ3v) is 5.62. The molecule has 6 nitrogen and oxygen atoms in total. The molecule has 2 aromatic carbocycles. The molecule has 0 spiro atoms. The summed E-state index contributed by atoms with van der Waals surface area (Å²) in [6.45, 7) is 0.442. The zero-order valence-electron chi connectivity index (χ0n) is 15.9. The van der Waals surface area contributed by atoms with Crippen molar-refractivity contribution in [1.29, 1.82) is 0 Å². The third-order valence-electron chi connectivity index (χ3n) is 4.37. The van der Waals surface area contributed by atoms with Crippen molar-refractivity contribution in [3.63, 3.8) is 0 Å². The summed E-state index contributed by atoms with van der Waals surface area (Å²) in [5, 5.41) is 2.86. The first-order valence-corrected chi connectivity index (χ1v) is 10.6. The summed E-state index contributed by atoms with van der Waals surface area (Å²) in [5.74, 6) is 0.483. The molecule has 1 unspecified atom stereocenters. The molecule has 0 aromatic heterocycles. The van der Waals surface area contributed by atoms with Crippen LogP contribution in [0.3, 0.4) is 0 Å². The zero-order valence-corrected chi connectivity index (χ0v) is 16.7. The third kappa shape index (κ3) is 5.80. The number of nitrogens with one attached hydrogen (secondary N) is 1. The molecule has 0 bridgehead atoms. The molecule has 146 valence electrons. The van der Waals surface area contributed by atoms with Gasteiger partial charge in [0, 0.05) is 13.6 Å². The second-order valence-electron chi connectivity index (χ2n) is 6.30. The molecular formula is C20H26N2O4S. The number of likely N-dealkylation sites (N-methyl/N-ethyl adjacent to an activating group) is 1. The molecule has 27 heavy (non-hydrogen) atoms. The first kappa shape index (κ1) is 20.9. The van der Waals surface area contributed by atoms with Gasteiger partial charge >= 0.3 is 0 Å². The van der Waals surface area contributed by atoms with Crippen molar-refractivity contribution in [2.24, 2.45) is 0 Å². The van der Waals surface area contributed by atoms with E-state index in [4.69, 9.17) is 4.74 Å². The Balaban J connectivity index is 2.02. The molecule has 0 heterocycles. The Morgan fingerprint density at radius 3 is 2.37 bits per heavy atom. The van der Waals surface area contributed by atoms with Crippen molar-refractivity contribution in [1.82, 2.24) is 9.62 Å². The molecule has 1 amide bonds.